The van der Waals surface area contributed by atoms with E-state index in [9.17, 15) is 35.9 Å². The molecule has 3 aliphatic rings. The van der Waals surface area contributed by atoms with E-state index in [0.29, 0.717) is 60.3 Å². The van der Waals surface area contributed by atoms with Crippen LogP contribution in [0.4, 0.5) is 17.6 Å². The predicted molar refractivity (Wildman–Crippen MR) is 183 cm³/mol. The van der Waals surface area contributed by atoms with Crippen molar-refractivity contribution in [2.45, 2.75) is 82.8 Å². The number of carboxylic acids is 1. The molecule has 3 aromatic heterocycles. The van der Waals surface area contributed by atoms with E-state index in [0.717, 1.165) is 9.96 Å². The van der Waals surface area contributed by atoms with Gasteiger partial charge in [-0.05, 0) is 87.4 Å². The van der Waals surface area contributed by atoms with E-state index < -0.39 is 51.1 Å². The second-order valence-corrected chi connectivity index (χ2v) is 16.8. The highest BCUT2D eigenvalue weighted by Gasteiger charge is 2.53. The molecule has 1 spiro atoms. The van der Waals surface area contributed by atoms with E-state index in [1.54, 1.807) is 32.0 Å². The lowest BCUT2D eigenvalue weighted by molar-refractivity contribution is -0.147. The molecule has 2 fully saturated rings. The molecule has 17 heteroatoms. The number of pyridine rings is 2. The zero-order valence-electron chi connectivity index (χ0n) is 29.9. The smallest absolute Gasteiger partial charge is 0.452 e. The molecule has 0 radical (unpaired) electrons. The van der Waals surface area contributed by atoms with Gasteiger partial charge in [-0.2, -0.15) is 22.5 Å². The molecule has 0 bridgehead atoms. The Balaban J connectivity index is 1.23. The molecule has 1 N–H and O–H groups in total. The predicted octanol–water partition coefficient (Wildman–Crippen LogP) is 5.46. The van der Waals surface area contributed by atoms with Crippen LogP contribution in [-0.2, 0) is 27.5 Å². The number of rotatable bonds is 10. The first-order chi connectivity index (χ1) is 24.8. The van der Waals surface area contributed by atoms with Crippen LogP contribution in [0, 0.1) is 26.2 Å². The minimum Gasteiger partial charge on any atom is -0.481 e. The molecule has 1 saturated heterocycles. The highest BCUT2D eigenvalue weighted by molar-refractivity contribution is 7.89. The highest BCUT2D eigenvalue weighted by Crippen LogP contribution is 2.48. The van der Waals surface area contributed by atoms with Crippen LogP contribution >= 0.6 is 0 Å². The van der Waals surface area contributed by atoms with Crippen LogP contribution < -0.4 is 9.47 Å². The summed E-state index contributed by atoms with van der Waals surface area (Å²) in [6, 6.07) is 8.26. The average molecular weight is 761 g/mol. The van der Waals surface area contributed by atoms with Gasteiger partial charge < -0.3 is 14.6 Å². The molecule has 1 saturated carbocycles. The first-order valence-corrected chi connectivity index (χ1v) is 18.7. The van der Waals surface area contributed by atoms with Gasteiger partial charge in [0.15, 0.2) is 5.65 Å². The van der Waals surface area contributed by atoms with Crippen molar-refractivity contribution < 1.29 is 45.4 Å². The standard InChI is InChI=1S/C36H40F4N6O6S/c1-20-6-7-23(28(34(4,5)33(47)48)26-8-11-46-29(22(26)3)42-43-32(46)36(38,39)40)15-24(20)16-45-19-35(9-10-35)52-31-27(53(45,49)50)14-21(2)30(41-31)51-13-12-44-17-25(37)18-44/h6-8,11,14-15,25,28H,9-10,12-13,16-19H2,1-5H3,(H,47,48)/t28-/m0/s1. The normalized spacial score (nSPS) is 19.3. The fourth-order valence-corrected chi connectivity index (χ4v) is 8.81. The summed E-state index contributed by atoms with van der Waals surface area (Å²) in [5, 5.41) is 17.6. The van der Waals surface area contributed by atoms with Gasteiger partial charge in [-0.15, -0.1) is 10.2 Å². The summed E-state index contributed by atoms with van der Waals surface area (Å²) in [5.41, 5.74) is 0.865. The Hall–Kier alpha value is -4.35. The zero-order chi connectivity index (χ0) is 38.2. The Labute approximate surface area is 303 Å². The van der Waals surface area contributed by atoms with Crippen molar-refractivity contribution in [1.29, 1.82) is 0 Å². The number of hydrogen-bond acceptors (Lipinski definition) is 9. The molecule has 4 aromatic rings. The number of aromatic nitrogens is 4. The summed E-state index contributed by atoms with van der Waals surface area (Å²) in [6.45, 7) is 9.63. The fraction of sp³-hybridized carbons (Fsp3) is 0.500. The molecule has 0 amide bonds. The van der Waals surface area contributed by atoms with E-state index in [1.165, 1.54) is 36.5 Å². The van der Waals surface area contributed by atoms with Gasteiger partial charge in [-0.1, -0.05) is 18.2 Å². The van der Waals surface area contributed by atoms with Crippen LogP contribution in [0.1, 0.15) is 71.8 Å². The summed E-state index contributed by atoms with van der Waals surface area (Å²) in [4.78, 5) is 19.1. The number of ether oxygens (including phenoxy) is 2. The van der Waals surface area contributed by atoms with Crippen molar-refractivity contribution in [1.82, 2.24) is 28.8 Å². The Morgan fingerprint density at radius 1 is 1.09 bits per heavy atom. The summed E-state index contributed by atoms with van der Waals surface area (Å²) >= 11 is 0. The van der Waals surface area contributed by atoms with Crippen molar-refractivity contribution in [3.8, 4) is 11.8 Å². The second-order valence-electron chi connectivity index (χ2n) is 14.9. The number of hydrogen-bond donors (Lipinski definition) is 1. The lowest BCUT2D eigenvalue weighted by Gasteiger charge is -2.33. The first kappa shape index (κ1) is 37.0. The van der Waals surface area contributed by atoms with Crippen molar-refractivity contribution in [2.24, 2.45) is 5.41 Å². The first-order valence-electron chi connectivity index (χ1n) is 17.2. The Morgan fingerprint density at radius 2 is 1.81 bits per heavy atom. The number of carbonyl (C=O) groups is 1. The number of sulfonamides is 1. The molecule has 53 heavy (non-hydrogen) atoms. The molecule has 12 nitrogen and oxygen atoms in total. The van der Waals surface area contributed by atoms with Gasteiger partial charge in [-0.25, -0.2) is 12.8 Å². The average Bonchev–Trinajstić information content (AvgIpc) is 3.67. The lowest BCUT2D eigenvalue weighted by Crippen LogP contribution is -2.49. The third-order valence-corrected chi connectivity index (χ3v) is 12.4. The van der Waals surface area contributed by atoms with Crippen molar-refractivity contribution in [2.75, 3.05) is 32.8 Å². The summed E-state index contributed by atoms with van der Waals surface area (Å²) in [5.74, 6) is -3.01. The zero-order valence-corrected chi connectivity index (χ0v) is 30.7. The van der Waals surface area contributed by atoms with Gasteiger partial charge in [0.1, 0.15) is 23.3 Å². The van der Waals surface area contributed by atoms with E-state index in [-0.39, 0.29) is 42.0 Å². The van der Waals surface area contributed by atoms with E-state index in [2.05, 4.69) is 15.2 Å². The monoisotopic (exact) mass is 760 g/mol. The molecule has 0 unspecified atom stereocenters. The Morgan fingerprint density at radius 3 is 2.45 bits per heavy atom. The summed E-state index contributed by atoms with van der Waals surface area (Å²) in [7, 11) is -4.17. The van der Waals surface area contributed by atoms with Crippen LogP contribution in [0.15, 0.2) is 41.4 Å². The number of aryl methyl sites for hydroxylation is 3. The third-order valence-electron chi connectivity index (χ3n) is 10.6. The number of likely N-dealkylation sites (tertiary alicyclic amines) is 1. The number of benzene rings is 1. The molecule has 1 aliphatic carbocycles. The maximum absolute atomic E-state index is 14.4. The fourth-order valence-electron chi connectivity index (χ4n) is 7.19. The van der Waals surface area contributed by atoms with Crippen molar-refractivity contribution in [3.05, 3.63) is 75.7 Å². The van der Waals surface area contributed by atoms with E-state index in [1.807, 2.05) is 11.8 Å². The van der Waals surface area contributed by atoms with Crippen molar-refractivity contribution in [3.63, 3.8) is 0 Å². The van der Waals surface area contributed by atoms with Gasteiger partial charge >= 0.3 is 12.1 Å². The number of halogens is 4. The van der Waals surface area contributed by atoms with Gasteiger partial charge in [-0.3, -0.25) is 14.1 Å². The number of carboxylic acid groups (broad SMARTS) is 1. The summed E-state index contributed by atoms with van der Waals surface area (Å²) in [6.07, 6.45) is -3.18. The van der Waals surface area contributed by atoms with Crippen LogP contribution in [-0.4, -0.2) is 92.8 Å². The quantitative estimate of drug-likeness (QED) is 0.208. The second kappa shape index (κ2) is 12.9. The largest absolute Gasteiger partial charge is 0.481 e. The molecule has 5 heterocycles. The molecule has 2 aliphatic heterocycles. The lowest BCUT2D eigenvalue weighted by atomic mass is 9.70. The van der Waals surface area contributed by atoms with E-state index in [4.69, 9.17) is 9.47 Å². The molecule has 7 rings (SSSR count). The molecule has 1 aromatic carbocycles. The molecular weight excluding hydrogens is 720 g/mol. The summed E-state index contributed by atoms with van der Waals surface area (Å²) < 4.78 is 97.3. The Bertz CT molecular complexity index is 2220. The third kappa shape index (κ3) is 6.71. The SMILES string of the molecule is Cc1ccc([C@@H](c2ccn3c(C(F)(F)F)nnc3c2C)C(C)(C)C(=O)O)cc1CN1CC2(CC2)Oc2nc(OCCN3CC(F)C3)c(C)cc2S1(=O)=O. The number of aliphatic carboxylic acids is 1. The van der Waals surface area contributed by atoms with Crippen LogP contribution in [0.2, 0.25) is 0 Å². The van der Waals surface area contributed by atoms with Gasteiger partial charge in [0.25, 0.3) is 0 Å². The van der Waals surface area contributed by atoms with Gasteiger partial charge in [0.2, 0.25) is 27.6 Å². The number of alkyl halides is 4. The highest BCUT2D eigenvalue weighted by atomic mass is 32.2. The van der Waals surface area contributed by atoms with Crippen LogP contribution in [0.5, 0.6) is 11.8 Å². The molecule has 284 valence electrons. The topological polar surface area (TPSA) is 139 Å². The van der Waals surface area contributed by atoms with Crippen molar-refractivity contribution >= 4 is 21.6 Å². The maximum atomic E-state index is 14.4. The van der Waals surface area contributed by atoms with Gasteiger partial charge in [0.05, 0.1) is 12.0 Å². The number of nitrogens with zero attached hydrogens (tertiary/aromatic N) is 6. The molecule has 1 atom stereocenters. The van der Waals surface area contributed by atoms with Crippen LogP contribution in [0.25, 0.3) is 5.65 Å². The Kier molecular flexibility index (Phi) is 9.00. The van der Waals surface area contributed by atoms with E-state index >= 15 is 0 Å². The minimum atomic E-state index is -4.75. The van der Waals surface area contributed by atoms with Gasteiger partial charge in [0, 0.05) is 43.9 Å². The maximum Gasteiger partial charge on any atom is 0.452 e. The van der Waals surface area contributed by atoms with Crippen LogP contribution in [0.3, 0.4) is 0 Å². The minimum absolute atomic E-state index is 0.0415. The molecular formula is C36H40F4N6O6S. The number of fused-ring (bicyclic) bond motifs is 2.